The van der Waals surface area contributed by atoms with Crippen molar-refractivity contribution in [2.45, 2.75) is 19.0 Å². The summed E-state index contributed by atoms with van der Waals surface area (Å²) in [5.74, 6) is 1.16. The van der Waals surface area contributed by atoms with Gasteiger partial charge in [0, 0.05) is 17.0 Å². The van der Waals surface area contributed by atoms with E-state index in [1.165, 1.54) is 16.0 Å². The Kier molecular flexibility index (Phi) is 5.88. The highest BCUT2D eigenvalue weighted by Crippen LogP contribution is 2.23. The Morgan fingerprint density at radius 2 is 2.03 bits per heavy atom. The summed E-state index contributed by atoms with van der Waals surface area (Å²) in [7, 11) is 1.54. The van der Waals surface area contributed by atoms with Crippen molar-refractivity contribution in [2.75, 3.05) is 20.2 Å². The number of halogens is 1. The highest BCUT2D eigenvalue weighted by molar-refractivity contribution is 6.31. The smallest absolute Gasteiger partial charge is 0.255 e. The molecule has 6 heteroatoms. The number of quaternary nitrogens is 1. The van der Waals surface area contributed by atoms with Gasteiger partial charge in [-0.3, -0.25) is 4.79 Å². The fraction of sp³-hybridized carbons (Fsp3) is 0.261. The Morgan fingerprint density at radius 3 is 2.79 bits per heavy atom. The average Bonchev–Trinajstić information content (AvgIpc) is 3.28. The first-order valence-electron chi connectivity index (χ1n) is 9.72. The maximum absolute atomic E-state index is 12.8. The zero-order chi connectivity index (χ0) is 20.2. The third-order valence-electron chi connectivity index (χ3n) is 5.50. The van der Waals surface area contributed by atoms with Gasteiger partial charge in [-0.05, 0) is 35.9 Å². The van der Waals surface area contributed by atoms with Crippen LogP contribution in [0.4, 0.5) is 0 Å². The van der Waals surface area contributed by atoms with Crippen molar-refractivity contribution in [1.82, 2.24) is 5.32 Å². The molecule has 0 aliphatic carbocycles. The molecule has 29 heavy (non-hydrogen) atoms. The van der Waals surface area contributed by atoms with Crippen LogP contribution in [0.15, 0.2) is 65.3 Å². The Labute approximate surface area is 175 Å². The minimum absolute atomic E-state index is 0.0208. The van der Waals surface area contributed by atoms with Crippen LogP contribution in [-0.2, 0) is 13.0 Å². The van der Waals surface area contributed by atoms with Crippen LogP contribution in [0.25, 0.3) is 0 Å². The molecule has 2 atom stereocenters. The molecule has 150 valence electrons. The quantitative estimate of drug-likeness (QED) is 0.655. The lowest BCUT2D eigenvalue weighted by Crippen LogP contribution is -3.12. The van der Waals surface area contributed by atoms with Crippen LogP contribution in [0.2, 0.25) is 5.02 Å². The molecule has 0 saturated heterocycles. The number of benzene rings is 2. The lowest BCUT2D eigenvalue weighted by atomic mass is 9.98. The number of methoxy groups -OCH3 is 1. The summed E-state index contributed by atoms with van der Waals surface area (Å²) in [6.45, 7) is 2.34. The number of hydrogen-bond donors (Lipinski definition) is 2. The zero-order valence-corrected chi connectivity index (χ0v) is 17.0. The maximum Gasteiger partial charge on any atom is 0.255 e. The lowest BCUT2D eigenvalue weighted by Gasteiger charge is -2.31. The Morgan fingerprint density at radius 1 is 1.21 bits per heavy atom. The summed E-state index contributed by atoms with van der Waals surface area (Å²) < 4.78 is 11.0. The summed E-state index contributed by atoms with van der Waals surface area (Å²) in [4.78, 5) is 14.2. The molecule has 1 aliphatic heterocycles. The summed E-state index contributed by atoms with van der Waals surface area (Å²) >= 11 is 6.08. The highest BCUT2D eigenvalue weighted by Gasteiger charge is 2.31. The molecule has 0 bridgehead atoms. The van der Waals surface area contributed by atoms with Gasteiger partial charge in [0.05, 0.1) is 32.0 Å². The maximum atomic E-state index is 12.8. The molecule has 0 spiro atoms. The fourth-order valence-corrected chi connectivity index (χ4v) is 4.15. The van der Waals surface area contributed by atoms with Crippen molar-refractivity contribution in [3.8, 4) is 5.75 Å². The van der Waals surface area contributed by atoms with Crippen molar-refractivity contribution in [1.29, 1.82) is 0 Å². The monoisotopic (exact) mass is 411 g/mol. The standard InChI is InChI=1S/C23H23ClN2O3/c1-28-21-9-8-18(24)13-19(21)23(27)25-14-20(22-7-4-12-29-22)26-11-10-16-5-2-3-6-17(16)15-26/h2-9,12-13,20H,10-11,14-15H2,1H3,(H,25,27)/p+1/t20-/m0/s1. The van der Waals surface area contributed by atoms with Crippen LogP contribution >= 0.6 is 11.6 Å². The van der Waals surface area contributed by atoms with Crippen molar-refractivity contribution >= 4 is 17.5 Å². The molecule has 1 aromatic heterocycles. The number of nitrogens with one attached hydrogen (secondary N) is 2. The Balaban J connectivity index is 1.52. The Hall–Kier alpha value is -2.76. The lowest BCUT2D eigenvalue weighted by molar-refractivity contribution is -0.946. The van der Waals surface area contributed by atoms with E-state index in [4.69, 9.17) is 20.8 Å². The van der Waals surface area contributed by atoms with Crippen LogP contribution in [0.5, 0.6) is 5.75 Å². The number of carbonyl (C=O) groups excluding carboxylic acids is 1. The van der Waals surface area contributed by atoms with E-state index in [0.717, 1.165) is 25.3 Å². The molecule has 1 amide bonds. The van der Waals surface area contributed by atoms with E-state index in [-0.39, 0.29) is 11.9 Å². The summed E-state index contributed by atoms with van der Waals surface area (Å²) in [6.07, 6.45) is 2.69. The van der Waals surface area contributed by atoms with Gasteiger partial charge >= 0.3 is 0 Å². The third-order valence-corrected chi connectivity index (χ3v) is 5.74. The van der Waals surface area contributed by atoms with E-state index in [9.17, 15) is 4.79 Å². The summed E-state index contributed by atoms with van der Waals surface area (Å²) in [5.41, 5.74) is 3.19. The second-order valence-electron chi connectivity index (χ2n) is 7.23. The second kappa shape index (κ2) is 8.72. The molecular formula is C23H24ClN2O3+. The van der Waals surface area contributed by atoms with Gasteiger partial charge in [-0.1, -0.05) is 35.9 Å². The van der Waals surface area contributed by atoms with Crippen LogP contribution in [0.3, 0.4) is 0 Å². The minimum Gasteiger partial charge on any atom is -0.496 e. The molecule has 0 radical (unpaired) electrons. The zero-order valence-electron chi connectivity index (χ0n) is 16.3. The molecule has 2 heterocycles. The van der Waals surface area contributed by atoms with Gasteiger partial charge in [0.2, 0.25) is 0 Å². The highest BCUT2D eigenvalue weighted by atomic mass is 35.5. The Bertz CT molecular complexity index is 988. The molecule has 0 fully saturated rings. The van der Waals surface area contributed by atoms with Crippen LogP contribution < -0.4 is 15.0 Å². The normalized spacial score (nSPS) is 16.7. The van der Waals surface area contributed by atoms with Crippen molar-refractivity contribution in [2.24, 2.45) is 0 Å². The van der Waals surface area contributed by atoms with E-state index in [2.05, 4.69) is 29.6 Å². The molecule has 2 N–H and O–H groups in total. The molecule has 1 aliphatic rings. The van der Waals surface area contributed by atoms with Crippen LogP contribution in [0.1, 0.15) is 33.3 Å². The predicted octanol–water partition coefficient (Wildman–Crippen LogP) is 3.05. The van der Waals surface area contributed by atoms with Crippen LogP contribution in [-0.4, -0.2) is 26.1 Å². The van der Waals surface area contributed by atoms with Gasteiger partial charge < -0.3 is 19.4 Å². The fourth-order valence-electron chi connectivity index (χ4n) is 3.98. The van der Waals surface area contributed by atoms with E-state index >= 15 is 0 Å². The molecule has 4 rings (SSSR count). The molecule has 2 aromatic carbocycles. The van der Waals surface area contributed by atoms with Crippen molar-refractivity contribution in [3.05, 3.63) is 88.3 Å². The third kappa shape index (κ3) is 4.31. The largest absolute Gasteiger partial charge is 0.496 e. The first-order chi connectivity index (χ1) is 14.2. The van der Waals surface area contributed by atoms with Crippen molar-refractivity contribution in [3.63, 3.8) is 0 Å². The van der Waals surface area contributed by atoms with Gasteiger partial charge in [0.15, 0.2) is 11.8 Å². The van der Waals surface area contributed by atoms with E-state index < -0.39 is 0 Å². The van der Waals surface area contributed by atoms with E-state index in [1.54, 1.807) is 31.6 Å². The number of furan rings is 1. The molecule has 3 aromatic rings. The molecule has 1 unspecified atom stereocenters. The topological polar surface area (TPSA) is 55.9 Å². The first kappa shape index (κ1) is 19.6. The minimum atomic E-state index is -0.210. The average molecular weight is 412 g/mol. The van der Waals surface area contributed by atoms with Gasteiger partial charge in [0.1, 0.15) is 12.3 Å². The van der Waals surface area contributed by atoms with Gasteiger partial charge in [-0.25, -0.2) is 0 Å². The molecule has 0 saturated carbocycles. The number of hydrogen-bond acceptors (Lipinski definition) is 3. The number of rotatable bonds is 6. The SMILES string of the molecule is COc1ccc(Cl)cc1C(=O)NC[C@@H](c1ccco1)[NH+]1CCc2ccccc2C1. The second-order valence-corrected chi connectivity index (χ2v) is 7.66. The number of amides is 1. The van der Waals surface area contributed by atoms with Gasteiger partial charge in [-0.15, -0.1) is 0 Å². The summed E-state index contributed by atoms with van der Waals surface area (Å²) in [6, 6.07) is 17.5. The number of ether oxygens (including phenoxy) is 1. The van der Waals surface area contributed by atoms with E-state index in [0.29, 0.717) is 22.9 Å². The number of carbonyl (C=O) groups is 1. The van der Waals surface area contributed by atoms with E-state index in [1.807, 2.05) is 12.1 Å². The molecular weight excluding hydrogens is 388 g/mol. The van der Waals surface area contributed by atoms with Crippen LogP contribution in [0, 0.1) is 0 Å². The van der Waals surface area contributed by atoms with Crippen molar-refractivity contribution < 1.29 is 18.8 Å². The number of fused-ring (bicyclic) bond motifs is 1. The molecule has 5 nitrogen and oxygen atoms in total. The van der Waals surface area contributed by atoms with Gasteiger partial charge in [-0.2, -0.15) is 0 Å². The van der Waals surface area contributed by atoms with Gasteiger partial charge in [0.25, 0.3) is 5.91 Å². The predicted molar refractivity (Wildman–Crippen MR) is 111 cm³/mol. The summed E-state index contributed by atoms with van der Waals surface area (Å²) in [5, 5.41) is 3.55. The first-order valence-corrected chi connectivity index (χ1v) is 10.1.